The van der Waals surface area contributed by atoms with E-state index >= 15 is 0 Å². The second-order valence-electron chi connectivity index (χ2n) is 9.32. The van der Waals surface area contributed by atoms with Crippen molar-refractivity contribution in [3.05, 3.63) is 63.1 Å². The van der Waals surface area contributed by atoms with Crippen LogP contribution in [0.3, 0.4) is 0 Å². The largest absolute Gasteiger partial charge is 0.326 e. The van der Waals surface area contributed by atoms with Gasteiger partial charge in [-0.2, -0.15) is 5.10 Å². The molecule has 4 rings (SSSR count). The van der Waals surface area contributed by atoms with E-state index < -0.39 is 4.75 Å². The molecule has 0 spiro atoms. The number of thioether (sulfide) groups is 1. The molecule has 2 aromatic rings. The van der Waals surface area contributed by atoms with Crippen molar-refractivity contribution in [1.29, 1.82) is 0 Å². The standard InChI is InChI=1S/C26H30Cl2N4OS/c1-6-32-25(33)34-26(4,5)23(30-32)18-10-12-22-17(14-18)8-7-13-31(22)24(29-16(2)3)19-9-11-20(27)21(28)15-19/h9-12,14-16H,6-8,13H2,1-5H3. The summed E-state index contributed by atoms with van der Waals surface area (Å²) >= 11 is 13.9. The summed E-state index contributed by atoms with van der Waals surface area (Å²) < 4.78 is -0.393. The Bertz CT molecular complexity index is 1180. The summed E-state index contributed by atoms with van der Waals surface area (Å²) in [5.41, 5.74) is 5.33. The number of amidine groups is 1. The number of benzene rings is 2. The molecule has 2 aliphatic rings. The molecule has 0 fully saturated rings. The van der Waals surface area contributed by atoms with Crippen molar-refractivity contribution in [2.45, 2.75) is 58.2 Å². The third-order valence-electron chi connectivity index (χ3n) is 5.93. The molecule has 1 amide bonds. The van der Waals surface area contributed by atoms with Crippen molar-refractivity contribution in [2.24, 2.45) is 10.1 Å². The van der Waals surface area contributed by atoms with Gasteiger partial charge in [0.05, 0.1) is 20.5 Å². The average Bonchev–Trinajstić information content (AvgIpc) is 2.78. The van der Waals surface area contributed by atoms with Gasteiger partial charge in [-0.3, -0.25) is 9.79 Å². The van der Waals surface area contributed by atoms with Crippen molar-refractivity contribution in [1.82, 2.24) is 5.01 Å². The van der Waals surface area contributed by atoms with E-state index in [1.807, 2.05) is 25.1 Å². The van der Waals surface area contributed by atoms with Crippen molar-refractivity contribution in [3.8, 4) is 0 Å². The molecule has 180 valence electrons. The third-order valence-corrected chi connectivity index (χ3v) is 7.76. The Morgan fingerprint density at radius 3 is 2.62 bits per heavy atom. The van der Waals surface area contributed by atoms with Crippen molar-refractivity contribution < 1.29 is 4.79 Å². The van der Waals surface area contributed by atoms with Gasteiger partial charge in [0.25, 0.3) is 0 Å². The highest BCUT2D eigenvalue weighted by atomic mass is 35.5. The SMILES string of the molecule is CCN1N=C(c2ccc3c(c2)CCCN3C(=NC(C)C)c2ccc(Cl)c(Cl)c2)C(C)(C)SC1=O. The lowest BCUT2D eigenvalue weighted by Crippen LogP contribution is -2.41. The van der Waals surface area contributed by atoms with E-state index in [0.717, 1.165) is 47.7 Å². The van der Waals surface area contributed by atoms with Crippen LogP contribution in [0, 0.1) is 0 Å². The van der Waals surface area contributed by atoms with Gasteiger partial charge in [-0.05, 0) is 88.9 Å². The van der Waals surface area contributed by atoms with Crippen LogP contribution >= 0.6 is 35.0 Å². The summed E-state index contributed by atoms with van der Waals surface area (Å²) in [6.07, 6.45) is 1.99. The number of nitrogens with zero attached hydrogens (tertiary/aromatic N) is 4. The molecule has 0 N–H and O–H groups in total. The van der Waals surface area contributed by atoms with Crippen LogP contribution in [0.5, 0.6) is 0 Å². The molecule has 0 aromatic heterocycles. The van der Waals surface area contributed by atoms with Crippen molar-refractivity contribution >= 4 is 57.4 Å². The summed E-state index contributed by atoms with van der Waals surface area (Å²) in [7, 11) is 0. The lowest BCUT2D eigenvalue weighted by atomic mass is 9.93. The van der Waals surface area contributed by atoms with Crippen LogP contribution in [0.25, 0.3) is 0 Å². The summed E-state index contributed by atoms with van der Waals surface area (Å²) in [6, 6.07) is 12.3. The number of hydrogen-bond donors (Lipinski definition) is 0. The minimum absolute atomic E-state index is 0.00320. The summed E-state index contributed by atoms with van der Waals surface area (Å²) in [6.45, 7) is 11.7. The lowest BCUT2D eigenvalue weighted by Gasteiger charge is -2.35. The number of carbonyl (C=O) groups excluding carboxylic acids is 1. The molecule has 34 heavy (non-hydrogen) atoms. The molecule has 0 bridgehead atoms. The molecule has 5 nitrogen and oxygen atoms in total. The predicted octanol–water partition coefficient (Wildman–Crippen LogP) is 7.27. The minimum atomic E-state index is -0.393. The zero-order valence-corrected chi connectivity index (χ0v) is 22.6. The van der Waals surface area contributed by atoms with Crippen LogP contribution in [0.4, 0.5) is 10.5 Å². The van der Waals surface area contributed by atoms with E-state index in [9.17, 15) is 4.79 Å². The third kappa shape index (κ3) is 5.00. The maximum absolute atomic E-state index is 12.4. The zero-order valence-electron chi connectivity index (χ0n) is 20.2. The Kier molecular flexibility index (Phi) is 7.32. The Balaban J connectivity index is 1.77. The summed E-state index contributed by atoms with van der Waals surface area (Å²) in [5.74, 6) is 0.899. The van der Waals surface area contributed by atoms with Crippen molar-refractivity contribution in [3.63, 3.8) is 0 Å². The maximum atomic E-state index is 12.4. The van der Waals surface area contributed by atoms with Gasteiger partial charge >= 0.3 is 5.24 Å². The molecule has 8 heteroatoms. The molecule has 2 aliphatic heterocycles. The first-order valence-electron chi connectivity index (χ1n) is 11.6. The fourth-order valence-corrected chi connectivity index (χ4v) is 5.62. The molecule has 0 unspecified atom stereocenters. The Hall–Kier alpha value is -2.02. The topological polar surface area (TPSA) is 48.3 Å². The first kappa shape index (κ1) is 25.1. The predicted molar refractivity (Wildman–Crippen MR) is 146 cm³/mol. The summed E-state index contributed by atoms with van der Waals surface area (Å²) in [4.78, 5) is 19.6. The van der Waals surface area contributed by atoms with Crippen LogP contribution in [0.1, 0.15) is 57.7 Å². The molecule has 0 aliphatic carbocycles. The number of anilines is 1. The molecule has 2 heterocycles. The van der Waals surface area contributed by atoms with Crippen LogP contribution in [-0.2, 0) is 6.42 Å². The lowest BCUT2D eigenvalue weighted by molar-refractivity contribution is 0.226. The number of hydrazone groups is 1. The number of hydrogen-bond acceptors (Lipinski definition) is 4. The van der Waals surface area contributed by atoms with Crippen LogP contribution in [0.15, 0.2) is 46.5 Å². The van der Waals surface area contributed by atoms with Gasteiger partial charge in [0.1, 0.15) is 5.84 Å². The second-order valence-corrected chi connectivity index (χ2v) is 11.7. The normalized spacial score (nSPS) is 18.3. The first-order valence-corrected chi connectivity index (χ1v) is 13.2. The number of carbonyl (C=O) groups is 1. The van der Waals surface area contributed by atoms with Gasteiger partial charge < -0.3 is 4.90 Å². The molecule has 0 saturated heterocycles. The molecular formula is C26H30Cl2N4OS. The van der Waals surface area contributed by atoms with Gasteiger partial charge in [0.2, 0.25) is 0 Å². The Labute approximate surface area is 216 Å². The van der Waals surface area contributed by atoms with E-state index in [0.29, 0.717) is 16.6 Å². The van der Waals surface area contributed by atoms with Crippen molar-refractivity contribution in [2.75, 3.05) is 18.0 Å². The number of aliphatic imine (C=N–C) groups is 1. The molecular weight excluding hydrogens is 487 g/mol. The smallest absolute Gasteiger partial charge is 0.302 e. The van der Waals surface area contributed by atoms with Crippen LogP contribution in [-0.4, -0.2) is 45.7 Å². The monoisotopic (exact) mass is 516 g/mol. The average molecular weight is 518 g/mol. The van der Waals surface area contributed by atoms with Gasteiger partial charge in [-0.1, -0.05) is 41.0 Å². The molecule has 0 saturated carbocycles. The highest BCUT2D eigenvalue weighted by Crippen LogP contribution is 2.38. The number of fused-ring (bicyclic) bond motifs is 1. The van der Waals surface area contributed by atoms with Gasteiger partial charge in [-0.25, -0.2) is 5.01 Å². The zero-order chi connectivity index (χ0) is 24.6. The van der Waals surface area contributed by atoms with Gasteiger partial charge in [-0.15, -0.1) is 0 Å². The molecule has 0 radical (unpaired) electrons. The molecule has 2 aromatic carbocycles. The van der Waals surface area contributed by atoms with Crippen LogP contribution in [0.2, 0.25) is 10.0 Å². The Morgan fingerprint density at radius 1 is 1.18 bits per heavy atom. The number of halogens is 2. The Morgan fingerprint density at radius 2 is 1.94 bits per heavy atom. The van der Waals surface area contributed by atoms with Gasteiger partial charge in [0, 0.05) is 30.4 Å². The van der Waals surface area contributed by atoms with E-state index in [2.05, 4.69) is 50.8 Å². The summed E-state index contributed by atoms with van der Waals surface area (Å²) in [5, 5.41) is 7.33. The highest BCUT2D eigenvalue weighted by molar-refractivity contribution is 8.15. The fourth-order valence-electron chi connectivity index (χ4n) is 4.35. The second kappa shape index (κ2) is 9.92. The number of amides is 1. The first-order chi connectivity index (χ1) is 16.1. The molecule has 0 atom stereocenters. The quantitative estimate of drug-likeness (QED) is 0.317. The number of aryl methyl sites for hydroxylation is 1. The van der Waals surface area contributed by atoms with Crippen LogP contribution < -0.4 is 4.90 Å². The number of rotatable bonds is 4. The fraction of sp³-hybridized carbons (Fsp3) is 0.423. The van der Waals surface area contributed by atoms with E-state index in [1.54, 1.807) is 5.01 Å². The van der Waals surface area contributed by atoms with E-state index in [-0.39, 0.29) is 11.3 Å². The maximum Gasteiger partial charge on any atom is 0.302 e. The highest BCUT2D eigenvalue weighted by Gasteiger charge is 2.37. The minimum Gasteiger partial charge on any atom is -0.326 e. The van der Waals surface area contributed by atoms with E-state index in [1.165, 1.54) is 17.3 Å². The van der Waals surface area contributed by atoms with E-state index in [4.69, 9.17) is 33.3 Å². The van der Waals surface area contributed by atoms with Gasteiger partial charge in [0.15, 0.2) is 0 Å².